The molecule has 10 heteroatoms. The Morgan fingerprint density at radius 1 is 0.868 bits per heavy atom. The molecule has 210 valence electrons. The number of benzene rings is 1. The summed E-state index contributed by atoms with van der Waals surface area (Å²) in [4.78, 5) is 47.3. The van der Waals surface area contributed by atoms with E-state index in [1.807, 2.05) is 53.7 Å². The van der Waals surface area contributed by atoms with Crippen molar-refractivity contribution >= 4 is 29.2 Å². The van der Waals surface area contributed by atoms with Crippen molar-refractivity contribution in [2.24, 2.45) is 5.41 Å². The molecular weight excluding hydrogens is 484 g/mol. The lowest BCUT2D eigenvalue weighted by Gasteiger charge is -2.32. The van der Waals surface area contributed by atoms with Crippen molar-refractivity contribution in [2.45, 2.75) is 40.0 Å². The summed E-state index contributed by atoms with van der Waals surface area (Å²) in [6.07, 6.45) is 2.13. The lowest BCUT2D eigenvalue weighted by Crippen LogP contribution is -2.49. The molecule has 0 aliphatic carbocycles. The van der Waals surface area contributed by atoms with E-state index in [1.165, 1.54) is 0 Å². The van der Waals surface area contributed by atoms with Crippen molar-refractivity contribution in [3.8, 4) is 0 Å². The molecule has 2 N–H and O–H groups in total. The fraction of sp³-hybridized carbons (Fsp3) is 0.679. The number of urea groups is 1. The van der Waals surface area contributed by atoms with Crippen LogP contribution in [-0.4, -0.2) is 111 Å². The van der Waals surface area contributed by atoms with Gasteiger partial charge in [0.15, 0.2) is 0 Å². The zero-order valence-corrected chi connectivity index (χ0v) is 23.3. The van der Waals surface area contributed by atoms with Crippen LogP contribution in [0.1, 0.15) is 50.4 Å². The summed E-state index contributed by atoms with van der Waals surface area (Å²) in [5.41, 5.74) is 1.98. The molecule has 3 heterocycles. The molecule has 3 fully saturated rings. The average Bonchev–Trinajstić information content (AvgIpc) is 3.31. The van der Waals surface area contributed by atoms with E-state index in [-0.39, 0.29) is 23.3 Å². The maximum absolute atomic E-state index is 13.3. The van der Waals surface area contributed by atoms with Crippen LogP contribution < -0.4 is 15.5 Å². The third kappa shape index (κ3) is 7.60. The standard InChI is InChI=1S/C28H44N6O4/c1-28(2,3)21-25(35)30-23-20-22(26(36)32-10-4-8-29-9-13-32)6-7-24(23)31-11-5-12-33(15-14-31)27(37)34-16-18-38-19-17-34/h6-7,20,29H,4-5,8-19,21H2,1-3H3,(H,30,35). The SMILES string of the molecule is CC(C)(C)CC(=O)Nc1cc(C(=O)N2CCCNCC2)ccc1N1CCCN(C(=O)N2CCOCC2)CC1. The summed E-state index contributed by atoms with van der Waals surface area (Å²) in [5.74, 6) is -0.0778. The Kier molecular flexibility index (Phi) is 9.49. The summed E-state index contributed by atoms with van der Waals surface area (Å²) in [6, 6.07) is 5.73. The van der Waals surface area contributed by atoms with E-state index in [1.54, 1.807) is 0 Å². The number of morpholine rings is 1. The van der Waals surface area contributed by atoms with Gasteiger partial charge in [0.25, 0.3) is 5.91 Å². The number of rotatable bonds is 4. The first-order valence-electron chi connectivity index (χ1n) is 14.0. The highest BCUT2D eigenvalue weighted by molar-refractivity contribution is 6.00. The summed E-state index contributed by atoms with van der Waals surface area (Å²) < 4.78 is 5.40. The van der Waals surface area contributed by atoms with Gasteiger partial charge in [-0.1, -0.05) is 20.8 Å². The number of amides is 4. The first-order valence-corrected chi connectivity index (χ1v) is 14.0. The highest BCUT2D eigenvalue weighted by Gasteiger charge is 2.27. The minimum Gasteiger partial charge on any atom is -0.378 e. The van der Waals surface area contributed by atoms with Crippen LogP contribution in [0, 0.1) is 5.41 Å². The Balaban J connectivity index is 1.52. The lowest BCUT2D eigenvalue weighted by molar-refractivity contribution is -0.117. The van der Waals surface area contributed by atoms with E-state index in [0.717, 1.165) is 44.7 Å². The van der Waals surface area contributed by atoms with Crippen LogP contribution in [-0.2, 0) is 9.53 Å². The molecule has 38 heavy (non-hydrogen) atoms. The molecule has 10 nitrogen and oxygen atoms in total. The number of nitrogens with zero attached hydrogens (tertiary/aromatic N) is 4. The highest BCUT2D eigenvalue weighted by Crippen LogP contribution is 2.30. The van der Waals surface area contributed by atoms with Crippen molar-refractivity contribution < 1.29 is 19.1 Å². The third-order valence-corrected chi connectivity index (χ3v) is 7.22. The Bertz CT molecular complexity index is 980. The molecule has 3 aliphatic heterocycles. The second-order valence-corrected chi connectivity index (χ2v) is 11.6. The van der Waals surface area contributed by atoms with Crippen molar-refractivity contribution in [3.05, 3.63) is 23.8 Å². The van der Waals surface area contributed by atoms with Gasteiger partial charge < -0.3 is 35.0 Å². The fourth-order valence-corrected chi connectivity index (χ4v) is 5.26. The number of ether oxygens (including phenoxy) is 1. The number of hydrogen-bond donors (Lipinski definition) is 2. The van der Waals surface area contributed by atoms with Crippen molar-refractivity contribution in [1.82, 2.24) is 20.0 Å². The van der Waals surface area contributed by atoms with Crippen molar-refractivity contribution in [1.29, 1.82) is 0 Å². The number of carbonyl (C=O) groups is 3. The van der Waals surface area contributed by atoms with Crippen LogP contribution in [0.3, 0.4) is 0 Å². The van der Waals surface area contributed by atoms with Crippen molar-refractivity contribution in [3.63, 3.8) is 0 Å². The molecule has 0 saturated carbocycles. The van der Waals surface area contributed by atoms with Gasteiger partial charge in [-0.15, -0.1) is 0 Å². The quantitative estimate of drug-likeness (QED) is 0.623. The molecule has 3 saturated heterocycles. The molecule has 3 aliphatic rings. The Morgan fingerprint density at radius 2 is 1.61 bits per heavy atom. The van der Waals surface area contributed by atoms with Crippen molar-refractivity contribution in [2.75, 3.05) is 88.9 Å². The van der Waals surface area contributed by atoms with Crippen LogP contribution in [0.2, 0.25) is 0 Å². The maximum atomic E-state index is 13.3. The van der Waals surface area contributed by atoms with Gasteiger partial charge in [-0.2, -0.15) is 0 Å². The predicted molar refractivity (Wildman–Crippen MR) is 149 cm³/mol. The molecular formula is C28H44N6O4. The number of anilines is 2. The molecule has 0 atom stereocenters. The second kappa shape index (κ2) is 12.8. The minimum absolute atomic E-state index is 0.00952. The highest BCUT2D eigenvalue weighted by atomic mass is 16.5. The minimum atomic E-state index is -0.153. The number of carbonyl (C=O) groups excluding carboxylic acids is 3. The van der Waals surface area contributed by atoms with Crippen LogP contribution in [0.5, 0.6) is 0 Å². The lowest BCUT2D eigenvalue weighted by atomic mass is 9.92. The summed E-state index contributed by atoms with van der Waals surface area (Å²) >= 11 is 0. The first-order chi connectivity index (χ1) is 18.2. The molecule has 1 aromatic carbocycles. The molecule has 1 aromatic rings. The van der Waals surface area contributed by atoms with Gasteiger partial charge in [0.05, 0.1) is 24.6 Å². The van der Waals surface area contributed by atoms with E-state index >= 15 is 0 Å². The van der Waals surface area contributed by atoms with Gasteiger partial charge in [-0.25, -0.2) is 4.79 Å². The molecule has 0 aromatic heterocycles. The second-order valence-electron chi connectivity index (χ2n) is 11.6. The zero-order valence-electron chi connectivity index (χ0n) is 23.3. The van der Waals surface area contributed by atoms with Crippen LogP contribution in [0.15, 0.2) is 18.2 Å². The normalized spacial score (nSPS) is 19.6. The van der Waals surface area contributed by atoms with E-state index < -0.39 is 0 Å². The largest absolute Gasteiger partial charge is 0.378 e. The van der Waals surface area contributed by atoms with E-state index in [4.69, 9.17) is 4.74 Å². The van der Waals surface area contributed by atoms with Gasteiger partial charge in [0.1, 0.15) is 0 Å². The number of nitrogens with one attached hydrogen (secondary N) is 2. The van der Waals surface area contributed by atoms with Crippen LogP contribution in [0.25, 0.3) is 0 Å². The fourth-order valence-electron chi connectivity index (χ4n) is 5.26. The molecule has 0 bridgehead atoms. The predicted octanol–water partition coefficient (Wildman–Crippen LogP) is 2.46. The topological polar surface area (TPSA) is 97.5 Å². The Hall–Kier alpha value is -2.85. The molecule has 0 radical (unpaired) electrons. The van der Waals surface area contributed by atoms with Gasteiger partial charge in [-0.3, -0.25) is 9.59 Å². The van der Waals surface area contributed by atoms with E-state index in [2.05, 4.69) is 15.5 Å². The monoisotopic (exact) mass is 528 g/mol. The third-order valence-electron chi connectivity index (χ3n) is 7.22. The molecule has 4 rings (SSSR count). The summed E-state index contributed by atoms with van der Waals surface area (Å²) in [7, 11) is 0. The van der Waals surface area contributed by atoms with Crippen LogP contribution in [0.4, 0.5) is 16.2 Å². The maximum Gasteiger partial charge on any atom is 0.320 e. The smallest absolute Gasteiger partial charge is 0.320 e. The molecule has 4 amide bonds. The van der Waals surface area contributed by atoms with E-state index in [0.29, 0.717) is 70.2 Å². The van der Waals surface area contributed by atoms with Gasteiger partial charge in [0.2, 0.25) is 5.91 Å². The van der Waals surface area contributed by atoms with Crippen LogP contribution >= 0.6 is 0 Å². The molecule has 0 unspecified atom stereocenters. The summed E-state index contributed by atoms with van der Waals surface area (Å²) in [6.45, 7) is 14.4. The van der Waals surface area contributed by atoms with Gasteiger partial charge >= 0.3 is 6.03 Å². The van der Waals surface area contributed by atoms with Gasteiger partial charge in [0, 0.05) is 70.9 Å². The average molecular weight is 529 g/mol. The molecule has 0 spiro atoms. The first kappa shape index (κ1) is 28.2. The van der Waals surface area contributed by atoms with Gasteiger partial charge in [-0.05, 0) is 43.0 Å². The summed E-state index contributed by atoms with van der Waals surface area (Å²) in [5, 5.41) is 6.45. The zero-order chi connectivity index (χ0) is 27.1. The number of hydrogen-bond acceptors (Lipinski definition) is 6. The Morgan fingerprint density at radius 3 is 2.37 bits per heavy atom. The van der Waals surface area contributed by atoms with E-state index in [9.17, 15) is 14.4 Å². The Labute approximate surface area is 226 Å².